The molecule has 1 heterocycles. The highest BCUT2D eigenvalue weighted by Crippen LogP contribution is 2.36. The van der Waals surface area contributed by atoms with Gasteiger partial charge in [0.05, 0.1) is 22.1 Å². The molecule has 0 aliphatic heterocycles. The van der Waals surface area contributed by atoms with Crippen molar-refractivity contribution < 1.29 is 0 Å². The first-order chi connectivity index (χ1) is 13.2. The standard InChI is InChI=1S/C24H18ClNS/c1-17-23(27)16-22(18-10-4-2-5-11-18)26(21-15-9-8-14-20(21)25)24(17)19-12-6-3-7-13-19/h2-16H,1H3. The Hall–Kier alpha value is -2.68. The summed E-state index contributed by atoms with van der Waals surface area (Å²) in [5.74, 6) is 0. The van der Waals surface area contributed by atoms with E-state index in [4.69, 9.17) is 23.8 Å². The maximum Gasteiger partial charge on any atom is 0.0648 e. The molecule has 0 spiro atoms. The lowest BCUT2D eigenvalue weighted by atomic mass is 10.0. The van der Waals surface area contributed by atoms with Crippen LogP contribution in [0.1, 0.15) is 5.56 Å². The number of benzene rings is 3. The van der Waals surface area contributed by atoms with Gasteiger partial charge in [0.25, 0.3) is 0 Å². The molecule has 0 saturated carbocycles. The maximum absolute atomic E-state index is 6.62. The largest absolute Gasteiger partial charge is 0.307 e. The molecule has 0 N–H and O–H groups in total. The van der Waals surface area contributed by atoms with Crippen molar-refractivity contribution in [2.24, 2.45) is 0 Å². The minimum atomic E-state index is 0.702. The Labute approximate surface area is 169 Å². The van der Waals surface area contributed by atoms with Crippen LogP contribution in [0.5, 0.6) is 0 Å². The highest BCUT2D eigenvalue weighted by molar-refractivity contribution is 7.71. The topological polar surface area (TPSA) is 4.93 Å². The lowest BCUT2D eigenvalue weighted by molar-refractivity contribution is 1.04. The first-order valence-corrected chi connectivity index (χ1v) is 9.58. The molecule has 132 valence electrons. The van der Waals surface area contributed by atoms with Gasteiger partial charge in [-0.3, -0.25) is 0 Å². The molecule has 0 bridgehead atoms. The van der Waals surface area contributed by atoms with Crippen LogP contribution in [0.25, 0.3) is 28.2 Å². The van der Waals surface area contributed by atoms with E-state index in [-0.39, 0.29) is 0 Å². The van der Waals surface area contributed by atoms with Gasteiger partial charge in [0, 0.05) is 4.51 Å². The van der Waals surface area contributed by atoms with Crippen LogP contribution in [-0.4, -0.2) is 4.57 Å². The molecule has 0 saturated heterocycles. The predicted molar refractivity (Wildman–Crippen MR) is 117 cm³/mol. The van der Waals surface area contributed by atoms with E-state index in [1.807, 2.05) is 60.7 Å². The van der Waals surface area contributed by atoms with Crippen molar-refractivity contribution in [3.8, 4) is 28.2 Å². The third-order valence-electron chi connectivity index (χ3n) is 4.67. The zero-order chi connectivity index (χ0) is 18.8. The van der Waals surface area contributed by atoms with Crippen LogP contribution in [0.2, 0.25) is 5.02 Å². The van der Waals surface area contributed by atoms with E-state index in [1.165, 1.54) is 0 Å². The minimum absolute atomic E-state index is 0.702. The third kappa shape index (κ3) is 3.34. The molecule has 3 aromatic carbocycles. The Morgan fingerprint density at radius 2 is 1.30 bits per heavy atom. The zero-order valence-corrected chi connectivity index (χ0v) is 16.5. The number of hydrogen-bond donors (Lipinski definition) is 0. The van der Waals surface area contributed by atoms with E-state index in [9.17, 15) is 0 Å². The SMILES string of the molecule is Cc1c(-c2ccccc2)n(-c2ccccc2Cl)c(-c2ccccc2)cc1=S. The number of aromatic nitrogens is 1. The van der Waals surface area contributed by atoms with Crippen molar-refractivity contribution in [3.05, 3.63) is 106 Å². The summed E-state index contributed by atoms with van der Waals surface area (Å²) in [6, 6.07) is 30.6. The number of hydrogen-bond acceptors (Lipinski definition) is 1. The summed E-state index contributed by atoms with van der Waals surface area (Å²) < 4.78 is 3.06. The molecule has 0 aliphatic rings. The summed E-state index contributed by atoms with van der Waals surface area (Å²) in [7, 11) is 0. The summed E-state index contributed by atoms with van der Waals surface area (Å²) in [6.07, 6.45) is 0. The summed E-state index contributed by atoms with van der Waals surface area (Å²) in [5, 5.41) is 0.702. The van der Waals surface area contributed by atoms with Crippen LogP contribution < -0.4 is 0 Å². The van der Waals surface area contributed by atoms with Crippen LogP contribution >= 0.6 is 23.8 Å². The molecule has 1 nitrogen and oxygen atoms in total. The van der Waals surface area contributed by atoms with Gasteiger partial charge < -0.3 is 4.57 Å². The smallest absolute Gasteiger partial charge is 0.0648 e. The molecular formula is C24H18ClNS. The molecule has 0 atom stereocenters. The lowest BCUT2D eigenvalue weighted by Gasteiger charge is -2.23. The van der Waals surface area contributed by atoms with Crippen LogP contribution in [0.4, 0.5) is 0 Å². The van der Waals surface area contributed by atoms with Gasteiger partial charge in [-0.15, -0.1) is 0 Å². The molecule has 3 heteroatoms. The maximum atomic E-state index is 6.62. The first kappa shape index (κ1) is 17.7. The highest BCUT2D eigenvalue weighted by atomic mass is 35.5. The van der Waals surface area contributed by atoms with Crippen LogP contribution in [0.3, 0.4) is 0 Å². The molecule has 0 aliphatic carbocycles. The fraction of sp³-hybridized carbons (Fsp3) is 0.0417. The van der Waals surface area contributed by atoms with Gasteiger partial charge in [0.2, 0.25) is 0 Å². The molecule has 0 unspecified atom stereocenters. The van der Waals surface area contributed by atoms with Gasteiger partial charge in [0.1, 0.15) is 0 Å². The van der Waals surface area contributed by atoms with Crippen molar-refractivity contribution in [2.45, 2.75) is 6.92 Å². The number of pyridine rings is 1. The summed E-state index contributed by atoms with van der Waals surface area (Å²) in [4.78, 5) is 0. The third-order valence-corrected chi connectivity index (χ3v) is 5.41. The van der Waals surface area contributed by atoms with E-state index in [0.717, 1.165) is 38.3 Å². The quantitative estimate of drug-likeness (QED) is 0.329. The van der Waals surface area contributed by atoms with E-state index < -0.39 is 0 Å². The Morgan fingerprint density at radius 1 is 0.741 bits per heavy atom. The van der Waals surface area contributed by atoms with Crippen molar-refractivity contribution in [3.63, 3.8) is 0 Å². The molecule has 0 amide bonds. The molecule has 27 heavy (non-hydrogen) atoms. The molecule has 4 rings (SSSR count). The fourth-order valence-corrected chi connectivity index (χ4v) is 3.78. The fourth-order valence-electron chi connectivity index (χ4n) is 3.35. The average Bonchev–Trinajstić information content (AvgIpc) is 2.71. The zero-order valence-electron chi connectivity index (χ0n) is 14.9. The van der Waals surface area contributed by atoms with Crippen molar-refractivity contribution >= 4 is 23.8 Å². The summed E-state index contributed by atoms with van der Waals surface area (Å²) in [5.41, 5.74) is 6.30. The van der Waals surface area contributed by atoms with Gasteiger partial charge in [-0.1, -0.05) is 96.6 Å². The summed E-state index contributed by atoms with van der Waals surface area (Å²) >= 11 is 12.3. The van der Waals surface area contributed by atoms with E-state index in [1.54, 1.807) is 0 Å². The van der Waals surface area contributed by atoms with Crippen molar-refractivity contribution in [1.29, 1.82) is 0 Å². The van der Waals surface area contributed by atoms with Crippen LogP contribution in [0.15, 0.2) is 91.0 Å². The van der Waals surface area contributed by atoms with Gasteiger partial charge in [0.15, 0.2) is 0 Å². The Balaban J connectivity index is 2.17. The van der Waals surface area contributed by atoms with E-state index >= 15 is 0 Å². The Kier molecular flexibility index (Phi) is 4.93. The molecule has 0 fully saturated rings. The van der Waals surface area contributed by atoms with E-state index in [2.05, 4.69) is 41.8 Å². The minimum Gasteiger partial charge on any atom is -0.307 e. The molecular weight excluding hydrogens is 370 g/mol. The normalized spacial score (nSPS) is 10.7. The first-order valence-electron chi connectivity index (χ1n) is 8.79. The highest BCUT2D eigenvalue weighted by Gasteiger charge is 2.17. The number of rotatable bonds is 3. The van der Waals surface area contributed by atoms with Crippen LogP contribution in [-0.2, 0) is 0 Å². The Bertz CT molecular complexity index is 1150. The van der Waals surface area contributed by atoms with Crippen molar-refractivity contribution in [2.75, 3.05) is 0 Å². The van der Waals surface area contributed by atoms with Gasteiger partial charge in [-0.05, 0) is 41.8 Å². The van der Waals surface area contributed by atoms with Crippen LogP contribution in [0, 0.1) is 11.4 Å². The molecule has 0 radical (unpaired) electrons. The van der Waals surface area contributed by atoms with Gasteiger partial charge in [-0.25, -0.2) is 0 Å². The monoisotopic (exact) mass is 387 g/mol. The number of nitrogens with zero attached hydrogens (tertiary/aromatic N) is 1. The molecule has 1 aromatic heterocycles. The predicted octanol–water partition coefficient (Wildman–Crippen LogP) is 7.50. The van der Waals surface area contributed by atoms with Crippen molar-refractivity contribution in [1.82, 2.24) is 4.57 Å². The Morgan fingerprint density at radius 3 is 1.93 bits per heavy atom. The van der Waals surface area contributed by atoms with E-state index in [0.29, 0.717) is 5.02 Å². The molecule has 4 aromatic rings. The summed E-state index contributed by atoms with van der Waals surface area (Å²) in [6.45, 7) is 2.08. The number of halogens is 1. The second-order valence-electron chi connectivity index (χ2n) is 6.39. The second-order valence-corrected chi connectivity index (χ2v) is 7.23. The number of para-hydroxylation sites is 1. The van der Waals surface area contributed by atoms with Gasteiger partial charge >= 0.3 is 0 Å². The lowest BCUT2D eigenvalue weighted by Crippen LogP contribution is -2.07. The van der Waals surface area contributed by atoms with Gasteiger partial charge in [-0.2, -0.15) is 0 Å². The second kappa shape index (κ2) is 7.51. The average molecular weight is 388 g/mol.